The summed E-state index contributed by atoms with van der Waals surface area (Å²) in [6.45, 7) is 5.78. The quantitative estimate of drug-likeness (QED) is 0.922. The van der Waals surface area contributed by atoms with Gasteiger partial charge in [0.05, 0.1) is 17.1 Å². The van der Waals surface area contributed by atoms with E-state index in [0.717, 1.165) is 55.3 Å². The summed E-state index contributed by atoms with van der Waals surface area (Å²) in [5.74, 6) is 0.812. The van der Waals surface area contributed by atoms with Gasteiger partial charge in [-0.15, -0.1) is 0 Å². The molecule has 2 atom stereocenters. The van der Waals surface area contributed by atoms with Gasteiger partial charge in [-0.1, -0.05) is 0 Å². The first-order valence-corrected chi connectivity index (χ1v) is 8.47. The van der Waals surface area contributed by atoms with Crippen molar-refractivity contribution >= 4 is 0 Å². The molecule has 0 spiro atoms. The Morgan fingerprint density at radius 3 is 3.04 bits per heavy atom. The average molecular weight is 313 g/mol. The molecule has 0 aromatic carbocycles. The maximum absolute atomic E-state index is 5.92. The van der Waals surface area contributed by atoms with Crippen molar-refractivity contribution in [3.63, 3.8) is 0 Å². The van der Waals surface area contributed by atoms with Crippen LogP contribution in [0.15, 0.2) is 12.3 Å². The lowest BCUT2D eigenvalue weighted by Crippen LogP contribution is -2.34. The maximum Gasteiger partial charge on any atom is 0.150 e. The Balaban J connectivity index is 1.79. The van der Waals surface area contributed by atoms with Crippen LogP contribution in [0.4, 0.5) is 0 Å². The fourth-order valence-electron chi connectivity index (χ4n) is 3.52. The minimum Gasteiger partial charge on any atom is -0.356 e. The van der Waals surface area contributed by atoms with Crippen molar-refractivity contribution < 1.29 is 4.74 Å². The lowest BCUT2D eigenvalue weighted by molar-refractivity contribution is -0.0384. The Labute approximate surface area is 136 Å². The summed E-state index contributed by atoms with van der Waals surface area (Å²) < 4.78 is 7.93. The van der Waals surface area contributed by atoms with Crippen LogP contribution in [-0.4, -0.2) is 32.4 Å². The van der Waals surface area contributed by atoms with Crippen molar-refractivity contribution in [1.82, 2.24) is 25.1 Å². The molecule has 1 N–H and O–H groups in total. The third-order valence-corrected chi connectivity index (χ3v) is 4.67. The largest absolute Gasteiger partial charge is 0.356 e. The number of ether oxygens (including phenoxy) is 1. The van der Waals surface area contributed by atoms with E-state index in [1.807, 2.05) is 23.9 Å². The molecule has 0 bridgehead atoms. The third-order valence-electron chi connectivity index (χ3n) is 4.67. The summed E-state index contributed by atoms with van der Waals surface area (Å²) in [6.07, 6.45) is 6.16. The molecule has 1 fully saturated rings. The van der Waals surface area contributed by atoms with E-state index in [1.54, 1.807) is 0 Å². The van der Waals surface area contributed by atoms with E-state index in [2.05, 4.69) is 22.3 Å². The molecule has 2 aromatic rings. The molecular weight excluding hydrogens is 290 g/mol. The second-order valence-electron chi connectivity index (χ2n) is 6.51. The Morgan fingerprint density at radius 1 is 1.30 bits per heavy atom. The number of nitrogens with one attached hydrogen (secondary N) is 1. The standard InChI is InChI=1S/C17H23N5O/c1-11-9-13-14(10-18-11)20-12(2)21-17(13)15-6-7-19-22(15)16-5-3-4-8-23-16/h6-7,11,16,18H,3-5,8-10H2,1-2H3. The molecule has 1 saturated heterocycles. The van der Waals surface area contributed by atoms with Crippen molar-refractivity contribution in [2.75, 3.05) is 6.61 Å². The average Bonchev–Trinajstić information content (AvgIpc) is 3.05. The molecule has 6 nitrogen and oxygen atoms in total. The van der Waals surface area contributed by atoms with E-state index in [0.29, 0.717) is 6.04 Å². The van der Waals surface area contributed by atoms with Gasteiger partial charge < -0.3 is 10.1 Å². The van der Waals surface area contributed by atoms with Crippen molar-refractivity contribution in [3.05, 3.63) is 29.3 Å². The highest BCUT2D eigenvalue weighted by Gasteiger charge is 2.25. The van der Waals surface area contributed by atoms with Gasteiger partial charge >= 0.3 is 0 Å². The highest BCUT2D eigenvalue weighted by atomic mass is 16.5. The summed E-state index contributed by atoms with van der Waals surface area (Å²) in [6, 6.07) is 2.49. The molecule has 0 radical (unpaired) electrons. The smallest absolute Gasteiger partial charge is 0.150 e. The Morgan fingerprint density at radius 2 is 2.22 bits per heavy atom. The van der Waals surface area contributed by atoms with Crippen molar-refractivity contribution in [2.45, 2.75) is 58.3 Å². The fraction of sp³-hybridized carbons (Fsp3) is 0.588. The van der Waals surface area contributed by atoms with Gasteiger partial charge in [0.25, 0.3) is 0 Å². The molecule has 2 unspecified atom stereocenters. The van der Waals surface area contributed by atoms with E-state index in [-0.39, 0.29) is 6.23 Å². The van der Waals surface area contributed by atoms with Crippen LogP contribution in [0.25, 0.3) is 11.4 Å². The number of hydrogen-bond donors (Lipinski definition) is 1. The zero-order chi connectivity index (χ0) is 15.8. The molecule has 23 heavy (non-hydrogen) atoms. The molecule has 6 heteroatoms. The van der Waals surface area contributed by atoms with Crippen LogP contribution in [0.5, 0.6) is 0 Å². The van der Waals surface area contributed by atoms with Gasteiger partial charge in [-0.3, -0.25) is 0 Å². The second-order valence-corrected chi connectivity index (χ2v) is 6.51. The number of aryl methyl sites for hydroxylation is 1. The van der Waals surface area contributed by atoms with Crippen molar-refractivity contribution in [3.8, 4) is 11.4 Å². The van der Waals surface area contributed by atoms with Crippen LogP contribution in [0, 0.1) is 6.92 Å². The summed E-state index contributed by atoms with van der Waals surface area (Å²) >= 11 is 0. The minimum absolute atomic E-state index is 0.0267. The van der Waals surface area contributed by atoms with Crippen LogP contribution >= 0.6 is 0 Å². The highest BCUT2D eigenvalue weighted by molar-refractivity contribution is 5.61. The number of fused-ring (bicyclic) bond motifs is 1. The first-order chi connectivity index (χ1) is 11.2. The summed E-state index contributed by atoms with van der Waals surface area (Å²) in [7, 11) is 0. The van der Waals surface area contributed by atoms with Gasteiger partial charge in [0.1, 0.15) is 5.82 Å². The summed E-state index contributed by atoms with van der Waals surface area (Å²) in [4.78, 5) is 9.39. The number of aromatic nitrogens is 4. The van der Waals surface area contributed by atoms with Gasteiger partial charge in [-0.2, -0.15) is 5.10 Å². The first kappa shape index (κ1) is 14.8. The number of rotatable bonds is 2. The van der Waals surface area contributed by atoms with E-state index < -0.39 is 0 Å². The molecule has 0 amide bonds. The molecule has 2 aliphatic heterocycles. The Kier molecular flexibility index (Phi) is 3.87. The summed E-state index contributed by atoms with van der Waals surface area (Å²) in [5.41, 5.74) is 4.43. The molecule has 4 rings (SSSR count). The normalized spacial score (nSPS) is 24.4. The lowest BCUT2D eigenvalue weighted by Gasteiger charge is -2.27. The molecule has 2 aliphatic rings. The Bertz CT molecular complexity index is 705. The van der Waals surface area contributed by atoms with Crippen molar-refractivity contribution in [2.24, 2.45) is 0 Å². The van der Waals surface area contributed by atoms with Crippen molar-refractivity contribution in [1.29, 1.82) is 0 Å². The third kappa shape index (κ3) is 2.77. The monoisotopic (exact) mass is 313 g/mol. The van der Waals surface area contributed by atoms with Gasteiger partial charge in [0.2, 0.25) is 0 Å². The van der Waals surface area contributed by atoms with Crippen LogP contribution < -0.4 is 5.32 Å². The van der Waals surface area contributed by atoms with E-state index in [9.17, 15) is 0 Å². The van der Waals surface area contributed by atoms with E-state index in [4.69, 9.17) is 9.72 Å². The second kappa shape index (κ2) is 6.02. The molecule has 4 heterocycles. The van der Waals surface area contributed by atoms with Crippen LogP contribution in [0.3, 0.4) is 0 Å². The first-order valence-electron chi connectivity index (χ1n) is 8.47. The molecular formula is C17H23N5O. The predicted molar refractivity (Wildman–Crippen MR) is 86.8 cm³/mol. The summed E-state index contributed by atoms with van der Waals surface area (Å²) in [5, 5.41) is 8.01. The predicted octanol–water partition coefficient (Wildman–Crippen LogP) is 2.38. The van der Waals surface area contributed by atoms with E-state index in [1.165, 1.54) is 12.0 Å². The number of hydrogen-bond acceptors (Lipinski definition) is 5. The molecule has 2 aromatic heterocycles. The molecule has 122 valence electrons. The van der Waals surface area contributed by atoms with Gasteiger partial charge in [0, 0.05) is 31.0 Å². The zero-order valence-corrected chi connectivity index (χ0v) is 13.7. The topological polar surface area (TPSA) is 64.9 Å². The fourth-order valence-corrected chi connectivity index (χ4v) is 3.52. The highest BCUT2D eigenvalue weighted by Crippen LogP contribution is 2.31. The molecule has 0 aliphatic carbocycles. The van der Waals surface area contributed by atoms with Gasteiger partial charge in [0.15, 0.2) is 6.23 Å². The van der Waals surface area contributed by atoms with Crippen LogP contribution in [0.1, 0.15) is 49.5 Å². The van der Waals surface area contributed by atoms with Gasteiger partial charge in [-0.25, -0.2) is 14.6 Å². The SMILES string of the molecule is Cc1nc2c(c(-c3ccnn3C3CCCCO3)n1)CC(C)NC2. The lowest BCUT2D eigenvalue weighted by atomic mass is 9.97. The van der Waals surface area contributed by atoms with Crippen LogP contribution in [0.2, 0.25) is 0 Å². The molecule has 0 saturated carbocycles. The maximum atomic E-state index is 5.92. The van der Waals surface area contributed by atoms with E-state index >= 15 is 0 Å². The zero-order valence-electron chi connectivity index (χ0n) is 13.7. The Hall–Kier alpha value is -1.79. The van der Waals surface area contributed by atoms with Crippen LogP contribution in [-0.2, 0) is 17.7 Å². The number of nitrogens with zero attached hydrogens (tertiary/aromatic N) is 4. The van der Waals surface area contributed by atoms with Gasteiger partial charge in [-0.05, 0) is 45.6 Å². The minimum atomic E-state index is 0.0267.